The molecule has 0 aliphatic carbocycles. The van der Waals surface area contributed by atoms with Gasteiger partial charge >= 0.3 is 0 Å². The van der Waals surface area contributed by atoms with Crippen LogP contribution in [0.25, 0.3) is 0 Å². The Balaban J connectivity index is 2.19. The average molecular weight is 273 g/mol. The van der Waals surface area contributed by atoms with E-state index in [1.165, 1.54) is 10.5 Å². The van der Waals surface area contributed by atoms with Crippen molar-refractivity contribution < 1.29 is 13.2 Å². The first-order valence-electron chi connectivity index (χ1n) is 5.98. The Labute approximate surface area is 107 Å². The van der Waals surface area contributed by atoms with Crippen LogP contribution in [0, 0.1) is 0 Å². The number of ether oxygens (including phenoxy) is 1. The van der Waals surface area contributed by atoms with E-state index in [1.54, 1.807) is 13.2 Å². The summed E-state index contributed by atoms with van der Waals surface area (Å²) >= 11 is 0. The summed E-state index contributed by atoms with van der Waals surface area (Å²) in [5.74, 6) is 0. The lowest BCUT2D eigenvalue weighted by Crippen LogP contribution is -2.42. The predicted molar refractivity (Wildman–Crippen MR) is 67.5 cm³/mol. The second-order valence-corrected chi connectivity index (χ2v) is 6.37. The second kappa shape index (κ2) is 5.40. The monoisotopic (exact) mass is 273 g/mol. The van der Waals surface area contributed by atoms with Crippen LogP contribution in [0.4, 0.5) is 0 Å². The van der Waals surface area contributed by atoms with Gasteiger partial charge in [0.15, 0.2) is 0 Å². The van der Waals surface area contributed by atoms with Gasteiger partial charge in [-0.25, -0.2) is 8.42 Å². The average Bonchev–Trinajstić information content (AvgIpc) is 2.88. The zero-order chi connectivity index (χ0) is 13.2. The van der Waals surface area contributed by atoms with Gasteiger partial charge in [-0.3, -0.25) is 0 Å². The van der Waals surface area contributed by atoms with Crippen molar-refractivity contribution in [1.82, 2.24) is 9.29 Å². The number of rotatable bonds is 4. The van der Waals surface area contributed by atoms with E-state index in [4.69, 9.17) is 10.5 Å². The third kappa shape index (κ3) is 2.59. The van der Waals surface area contributed by atoms with Crippen LogP contribution in [-0.2, 0) is 21.3 Å². The van der Waals surface area contributed by atoms with E-state index < -0.39 is 10.0 Å². The molecule has 1 atom stereocenters. The second-order valence-electron chi connectivity index (χ2n) is 4.43. The molecule has 102 valence electrons. The molecule has 1 aliphatic rings. The van der Waals surface area contributed by atoms with Crippen LogP contribution in [0.15, 0.2) is 17.2 Å². The number of aromatic amines is 1. The molecule has 0 aromatic carbocycles. The third-order valence-electron chi connectivity index (χ3n) is 3.25. The van der Waals surface area contributed by atoms with Crippen molar-refractivity contribution in [3.63, 3.8) is 0 Å². The molecule has 0 saturated carbocycles. The maximum atomic E-state index is 12.4. The van der Waals surface area contributed by atoms with Gasteiger partial charge in [0.1, 0.15) is 0 Å². The molecule has 0 radical (unpaired) electrons. The zero-order valence-corrected chi connectivity index (χ0v) is 11.2. The van der Waals surface area contributed by atoms with Gasteiger partial charge in [-0.1, -0.05) is 0 Å². The molecule has 1 aromatic rings. The van der Waals surface area contributed by atoms with Gasteiger partial charge in [-0.2, -0.15) is 4.31 Å². The van der Waals surface area contributed by atoms with Crippen LogP contribution in [0.1, 0.15) is 18.5 Å². The summed E-state index contributed by atoms with van der Waals surface area (Å²) in [6.45, 7) is 1.27. The minimum atomic E-state index is -3.43. The van der Waals surface area contributed by atoms with Crippen molar-refractivity contribution in [3.8, 4) is 0 Å². The Hall–Kier alpha value is -0.890. The van der Waals surface area contributed by atoms with Crippen molar-refractivity contribution in [2.24, 2.45) is 5.73 Å². The lowest BCUT2D eigenvalue weighted by atomic mass is 10.1. The SMILES string of the molecule is COC1CCCN(S(=O)(=O)c2c[nH]c(CN)c2)C1. The van der Waals surface area contributed by atoms with E-state index in [0.29, 0.717) is 25.3 Å². The highest BCUT2D eigenvalue weighted by atomic mass is 32.2. The summed E-state index contributed by atoms with van der Waals surface area (Å²) in [7, 11) is -1.81. The molecule has 1 unspecified atom stereocenters. The Bertz CT molecular complexity index is 497. The summed E-state index contributed by atoms with van der Waals surface area (Å²) < 4.78 is 31.5. The Morgan fingerprint density at radius 1 is 1.61 bits per heavy atom. The molecule has 1 fully saturated rings. The number of hydrogen-bond acceptors (Lipinski definition) is 4. The van der Waals surface area contributed by atoms with Crippen LogP contribution >= 0.6 is 0 Å². The van der Waals surface area contributed by atoms with Crippen molar-refractivity contribution >= 4 is 10.0 Å². The molecule has 0 spiro atoms. The Morgan fingerprint density at radius 3 is 3.00 bits per heavy atom. The topological polar surface area (TPSA) is 88.4 Å². The molecule has 7 heteroatoms. The van der Waals surface area contributed by atoms with E-state index >= 15 is 0 Å². The maximum absolute atomic E-state index is 12.4. The number of sulfonamides is 1. The van der Waals surface area contributed by atoms with E-state index in [2.05, 4.69) is 4.98 Å². The number of nitrogens with one attached hydrogen (secondary N) is 1. The molecular formula is C11H19N3O3S. The van der Waals surface area contributed by atoms with Gasteiger partial charge in [-0.15, -0.1) is 0 Å². The Morgan fingerprint density at radius 2 is 2.39 bits per heavy atom. The van der Waals surface area contributed by atoms with Gasteiger partial charge < -0.3 is 15.5 Å². The van der Waals surface area contributed by atoms with E-state index in [1.807, 2.05) is 0 Å². The fourth-order valence-electron chi connectivity index (χ4n) is 2.15. The largest absolute Gasteiger partial charge is 0.380 e. The van der Waals surface area contributed by atoms with Gasteiger partial charge in [-0.05, 0) is 18.9 Å². The molecule has 1 aromatic heterocycles. The molecule has 18 heavy (non-hydrogen) atoms. The molecule has 6 nitrogen and oxygen atoms in total. The van der Waals surface area contributed by atoms with Crippen LogP contribution in [0.3, 0.4) is 0 Å². The van der Waals surface area contributed by atoms with E-state index in [-0.39, 0.29) is 11.0 Å². The molecule has 0 amide bonds. The zero-order valence-electron chi connectivity index (χ0n) is 10.4. The van der Waals surface area contributed by atoms with E-state index in [9.17, 15) is 8.42 Å². The van der Waals surface area contributed by atoms with Gasteiger partial charge in [0, 0.05) is 38.6 Å². The summed E-state index contributed by atoms with van der Waals surface area (Å²) in [4.78, 5) is 3.14. The number of H-pyrrole nitrogens is 1. The standard InChI is InChI=1S/C11H19N3O3S/c1-17-10-3-2-4-14(8-10)18(15,16)11-5-9(6-12)13-7-11/h5,7,10,13H,2-4,6,8,12H2,1H3. The van der Waals surface area contributed by atoms with E-state index in [0.717, 1.165) is 12.8 Å². The van der Waals surface area contributed by atoms with Gasteiger partial charge in [0.25, 0.3) is 0 Å². The number of nitrogens with zero attached hydrogens (tertiary/aromatic N) is 1. The molecule has 0 bridgehead atoms. The lowest BCUT2D eigenvalue weighted by Gasteiger charge is -2.30. The number of nitrogens with two attached hydrogens (primary N) is 1. The molecule has 3 N–H and O–H groups in total. The fourth-order valence-corrected chi connectivity index (χ4v) is 3.68. The molecule has 2 heterocycles. The van der Waals surface area contributed by atoms with Gasteiger partial charge in [0.2, 0.25) is 10.0 Å². The predicted octanol–water partition coefficient (Wildman–Crippen LogP) is 0.273. The van der Waals surface area contributed by atoms with Crippen molar-refractivity contribution in [3.05, 3.63) is 18.0 Å². The van der Waals surface area contributed by atoms with Crippen molar-refractivity contribution in [1.29, 1.82) is 0 Å². The third-order valence-corrected chi connectivity index (χ3v) is 5.09. The molecule has 2 rings (SSSR count). The van der Waals surface area contributed by atoms with Crippen molar-refractivity contribution in [2.75, 3.05) is 20.2 Å². The number of piperidine rings is 1. The number of aromatic nitrogens is 1. The van der Waals surface area contributed by atoms with Gasteiger partial charge in [0.05, 0.1) is 11.0 Å². The van der Waals surface area contributed by atoms with Crippen molar-refractivity contribution in [2.45, 2.75) is 30.4 Å². The summed E-state index contributed by atoms with van der Waals surface area (Å²) in [6, 6.07) is 1.59. The lowest BCUT2D eigenvalue weighted by molar-refractivity contribution is 0.0572. The minimum absolute atomic E-state index is 0.0126. The quantitative estimate of drug-likeness (QED) is 0.824. The van der Waals surface area contributed by atoms with Crippen LogP contribution in [0.2, 0.25) is 0 Å². The number of hydrogen-bond donors (Lipinski definition) is 2. The minimum Gasteiger partial charge on any atom is -0.380 e. The Kier molecular flexibility index (Phi) is 4.06. The highest BCUT2D eigenvalue weighted by Crippen LogP contribution is 2.22. The first-order chi connectivity index (χ1) is 8.57. The normalized spacial score (nSPS) is 22.2. The van der Waals surface area contributed by atoms with Crippen LogP contribution in [0.5, 0.6) is 0 Å². The summed E-state index contributed by atoms with van der Waals surface area (Å²) in [5.41, 5.74) is 6.19. The molecular weight excluding hydrogens is 254 g/mol. The first kappa shape index (κ1) is 13.5. The number of methoxy groups -OCH3 is 1. The highest BCUT2D eigenvalue weighted by molar-refractivity contribution is 7.89. The smallest absolute Gasteiger partial charge is 0.244 e. The van der Waals surface area contributed by atoms with Crippen LogP contribution < -0.4 is 5.73 Å². The summed E-state index contributed by atoms with van der Waals surface area (Å²) in [5, 5.41) is 0. The highest BCUT2D eigenvalue weighted by Gasteiger charge is 2.30. The summed E-state index contributed by atoms with van der Waals surface area (Å²) in [6.07, 6.45) is 3.21. The first-order valence-corrected chi connectivity index (χ1v) is 7.42. The molecule has 1 saturated heterocycles. The fraction of sp³-hybridized carbons (Fsp3) is 0.636. The maximum Gasteiger partial charge on any atom is 0.244 e. The molecule has 1 aliphatic heterocycles. The van der Waals surface area contributed by atoms with Crippen LogP contribution in [-0.4, -0.2) is 44.0 Å².